The summed E-state index contributed by atoms with van der Waals surface area (Å²) in [4.78, 5) is 26.3. The molecule has 4 rings (SSSR count). The summed E-state index contributed by atoms with van der Waals surface area (Å²) in [6, 6.07) is 20.6. The summed E-state index contributed by atoms with van der Waals surface area (Å²) in [6.45, 7) is 5.88. The van der Waals surface area contributed by atoms with Crippen molar-refractivity contribution in [1.29, 1.82) is 0 Å². The van der Waals surface area contributed by atoms with Crippen LogP contribution in [0.2, 0.25) is 0 Å². The lowest BCUT2D eigenvalue weighted by atomic mass is 10.2. The Labute approximate surface area is 239 Å². The molecular weight excluding hydrogens is 524 g/mol. The van der Waals surface area contributed by atoms with Crippen molar-refractivity contribution in [3.05, 3.63) is 95.2 Å². The average Bonchev–Trinajstić information content (AvgIpc) is 3.58. The number of carbonyl (C=O) groups excluding carboxylic acids is 2. The maximum atomic E-state index is 12.6. The minimum atomic E-state index is -0.825. The van der Waals surface area contributed by atoms with E-state index in [9.17, 15) is 9.59 Å². The summed E-state index contributed by atoms with van der Waals surface area (Å²) in [5.41, 5.74) is 7.25. The normalized spacial score (nSPS) is 11.8. The number of carbonyl (C=O) groups is 2. The molecule has 2 aromatic carbocycles. The molecule has 10 nitrogen and oxygen atoms in total. The fourth-order valence-corrected chi connectivity index (χ4v) is 4.13. The summed E-state index contributed by atoms with van der Waals surface area (Å²) in [6.07, 6.45) is 0.609. The summed E-state index contributed by atoms with van der Waals surface area (Å²) >= 11 is 0. The van der Waals surface area contributed by atoms with Gasteiger partial charge in [-0.3, -0.25) is 4.79 Å². The highest BCUT2D eigenvalue weighted by molar-refractivity contribution is 5.93. The first-order valence-corrected chi connectivity index (χ1v) is 13.0. The maximum Gasteiger partial charge on any atom is 0.346 e. The number of nitrogens with one attached hydrogen (secondary N) is 1. The Morgan fingerprint density at radius 3 is 2.39 bits per heavy atom. The molecular formula is C31H34N4O6. The van der Waals surface area contributed by atoms with E-state index in [4.69, 9.17) is 18.6 Å². The molecule has 4 aromatic rings. The molecule has 0 fully saturated rings. The molecule has 0 bridgehead atoms. The predicted molar refractivity (Wildman–Crippen MR) is 156 cm³/mol. The number of anilines is 1. The number of hydrogen-bond donors (Lipinski definition) is 1. The molecule has 0 aliphatic rings. The van der Waals surface area contributed by atoms with Crippen molar-refractivity contribution >= 4 is 23.8 Å². The van der Waals surface area contributed by atoms with Crippen LogP contribution < -0.4 is 19.8 Å². The lowest BCUT2D eigenvalue weighted by molar-refractivity contribution is -0.147. The first kappa shape index (κ1) is 29.0. The minimum absolute atomic E-state index is 0.0911. The number of esters is 1. The lowest BCUT2D eigenvalue weighted by Gasteiger charge is -2.18. The standard InChI is InChI=1S/C31H34N4O6/c1-20-7-8-21(2)35(20)24-11-13-26(14-12-24)39-19-27-15-16-28(41-27)30(36)33-32-18-23-9-10-25(34(4)5)17-29(23)40-22(3)31(37)38-6/h7-18,22H,19H2,1-6H3,(H,33,36)/b32-18+/t22-/m1/s1. The van der Waals surface area contributed by atoms with Gasteiger partial charge < -0.3 is 28.1 Å². The van der Waals surface area contributed by atoms with Crippen molar-refractivity contribution < 1.29 is 28.2 Å². The second-order valence-corrected chi connectivity index (χ2v) is 9.60. The number of benzene rings is 2. The van der Waals surface area contributed by atoms with E-state index < -0.39 is 18.0 Å². The van der Waals surface area contributed by atoms with Crippen LogP contribution in [0.15, 0.2) is 76.2 Å². The van der Waals surface area contributed by atoms with Gasteiger partial charge in [0, 0.05) is 48.5 Å². The molecule has 1 amide bonds. The molecule has 0 aliphatic heterocycles. The zero-order valence-electron chi connectivity index (χ0n) is 24.0. The molecule has 2 heterocycles. The summed E-state index contributed by atoms with van der Waals surface area (Å²) in [5, 5.41) is 4.04. The molecule has 10 heteroatoms. The number of nitrogens with zero attached hydrogens (tertiary/aromatic N) is 3. The number of furan rings is 1. The van der Waals surface area contributed by atoms with E-state index >= 15 is 0 Å². The van der Waals surface area contributed by atoms with Crippen LogP contribution in [0.1, 0.15) is 40.2 Å². The van der Waals surface area contributed by atoms with Gasteiger partial charge in [-0.05, 0) is 81.4 Å². The van der Waals surface area contributed by atoms with Crippen LogP contribution in [0.5, 0.6) is 11.5 Å². The fraction of sp³-hybridized carbons (Fsp3) is 0.258. The number of aromatic nitrogens is 1. The van der Waals surface area contributed by atoms with Crippen LogP contribution in [0.25, 0.3) is 5.69 Å². The SMILES string of the molecule is COC(=O)[C@@H](C)Oc1cc(N(C)C)ccc1/C=N/NC(=O)c1ccc(COc2ccc(-n3c(C)ccc3C)cc2)o1. The molecule has 41 heavy (non-hydrogen) atoms. The minimum Gasteiger partial charge on any atom is -0.486 e. The molecule has 0 unspecified atom stereocenters. The molecule has 0 radical (unpaired) electrons. The Balaban J connectivity index is 1.35. The highest BCUT2D eigenvalue weighted by atomic mass is 16.6. The molecule has 0 saturated heterocycles. The van der Waals surface area contributed by atoms with Crippen molar-refractivity contribution in [2.24, 2.45) is 5.10 Å². The van der Waals surface area contributed by atoms with E-state index in [1.165, 1.54) is 13.3 Å². The molecule has 0 aliphatic carbocycles. The van der Waals surface area contributed by atoms with E-state index in [2.05, 4.69) is 41.1 Å². The first-order chi connectivity index (χ1) is 19.7. The van der Waals surface area contributed by atoms with Crippen molar-refractivity contribution in [2.45, 2.75) is 33.5 Å². The zero-order chi connectivity index (χ0) is 29.5. The smallest absolute Gasteiger partial charge is 0.346 e. The number of aryl methyl sites for hydroxylation is 2. The average molecular weight is 559 g/mol. The fourth-order valence-electron chi connectivity index (χ4n) is 4.13. The van der Waals surface area contributed by atoms with Gasteiger partial charge in [0.15, 0.2) is 11.9 Å². The second-order valence-electron chi connectivity index (χ2n) is 9.60. The number of amides is 1. The third-order valence-electron chi connectivity index (χ3n) is 6.35. The number of hydrogen-bond acceptors (Lipinski definition) is 8. The Bertz CT molecular complexity index is 1510. The van der Waals surface area contributed by atoms with Gasteiger partial charge in [0.2, 0.25) is 0 Å². The zero-order valence-corrected chi connectivity index (χ0v) is 24.0. The van der Waals surface area contributed by atoms with E-state index in [0.717, 1.165) is 22.8 Å². The van der Waals surface area contributed by atoms with Gasteiger partial charge in [-0.1, -0.05) is 0 Å². The van der Waals surface area contributed by atoms with Crippen molar-refractivity contribution in [3.8, 4) is 17.2 Å². The Morgan fingerprint density at radius 1 is 1.02 bits per heavy atom. The Kier molecular flexibility index (Phi) is 9.13. The number of methoxy groups -OCH3 is 1. The molecule has 1 N–H and O–H groups in total. The molecule has 2 aromatic heterocycles. The van der Waals surface area contributed by atoms with Crippen LogP contribution in [0.4, 0.5) is 5.69 Å². The topological polar surface area (TPSA) is 108 Å². The third-order valence-corrected chi connectivity index (χ3v) is 6.35. The first-order valence-electron chi connectivity index (χ1n) is 13.0. The monoisotopic (exact) mass is 558 g/mol. The van der Waals surface area contributed by atoms with Gasteiger partial charge in [0.25, 0.3) is 0 Å². The summed E-state index contributed by atoms with van der Waals surface area (Å²) < 4.78 is 24.2. The molecule has 0 spiro atoms. The summed E-state index contributed by atoms with van der Waals surface area (Å²) in [5.74, 6) is 0.650. The molecule has 1 atom stereocenters. The quantitative estimate of drug-likeness (QED) is 0.156. The van der Waals surface area contributed by atoms with Gasteiger partial charge in [-0.15, -0.1) is 0 Å². The van der Waals surface area contributed by atoms with Crippen LogP contribution >= 0.6 is 0 Å². The van der Waals surface area contributed by atoms with Gasteiger partial charge in [0.1, 0.15) is 23.9 Å². The lowest BCUT2D eigenvalue weighted by Crippen LogP contribution is -2.25. The molecule has 214 valence electrons. The predicted octanol–water partition coefficient (Wildman–Crippen LogP) is 5.04. The van der Waals surface area contributed by atoms with Crippen LogP contribution in [-0.4, -0.2) is 50.0 Å². The maximum absolute atomic E-state index is 12.6. The highest BCUT2D eigenvalue weighted by Gasteiger charge is 2.17. The Morgan fingerprint density at radius 2 is 1.73 bits per heavy atom. The third kappa shape index (κ3) is 7.16. The largest absolute Gasteiger partial charge is 0.486 e. The molecule has 0 saturated carbocycles. The van der Waals surface area contributed by atoms with Crippen LogP contribution in [0.3, 0.4) is 0 Å². The highest BCUT2D eigenvalue weighted by Crippen LogP contribution is 2.25. The van der Waals surface area contributed by atoms with Crippen molar-refractivity contribution in [1.82, 2.24) is 9.99 Å². The second kappa shape index (κ2) is 12.9. The number of ether oxygens (including phenoxy) is 3. The van der Waals surface area contributed by atoms with Crippen molar-refractivity contribution in [3.63, 3.8) is 0 Å². The van der Waals surface area contributed by atoms with Gasteiger partial charge in [-0.25, -0.2) is 10.2 Å². The van der Waals surface area contributed by atoms with Gasteiger partial charge in [-0.2, -0.15) is 5.10 Å². The van der Waals surface area contributed by atoms with E-state index in [1.807, 2.05) is 49.3 Å². The van der Waals surface area contributed by atoms with Crippen molar-refractivity contribution in [2.75, 3.05) is 26.1 Å². The van der Waals surface area contributed by atoms with Crippen LogP contribution in [0, 0.1) is 13.8 Å². The van der Waals surface area contributed by atoms with E-state index in [1.54, 1.807) is 31.2 Å². The summed E-state index contributed by atoms with van der Waals surface area (Å²) in [7, 11) is 5.08. The van der Waals surface area contributed by atoms with E-state index in [-0.39, 0.29) is 12.4 Å². The van der Waals surface area contributed by atoms with Gasteiger partial charge >= 0.3 is 11.9 Å². The number of hydrazone groups is 1. The van der Waals surface area contributed by atoms with E-state index in [0.29, 0.717) is 22.8 Å². The number of rotatable bonds is 11. The Hall–Kier alpha value is -4.99. The van der Waals surface area contributed by atoms with Crippen LogP contribution in [-0.2, 0) is 16.1 Å². The van der Waals surface area contributed by atoms with Gasteiger partial charge in [0.05, 0.1) is 13.3 Å².